The molecule has 0 spiro atoms. The van der Waals surface area contributed by atoms with Crippen molar-refractivity contribution >= 4 is 35.0 Å². The molecule has 1 heterocycles. The summed E-state index contributed by atoms with van der Waals surface area (Å²) < 4.78 is 20.8. The molecule has 0 atom stereocenters. The van der Waals surface area contributed by atoms with Crippen molar-refractivity contribution in [1.82, 2.24) is 14.8 Å². The maximum atomic E-state index is 13.2. The average molecular weight is 435 g/mol. The van der Waals surface area contributed by atoms with Crippen molar-refractivity contribution in [2.75, 3.05) is 11.1 Å². The third kappa shape index (κ3) is 5.48. The number of carbonyl (C=O) groups excluding carboxylic acids is 1. The number of halogens is 2. The highest BCUT2D eigenvalue weighted by Gasteiger charge is 2.13. The molecule has 1 N–H and O–H groups in total. The van der Waals surface area contributed by atoms with Crippen LogP contribution < -0.4 is 10.1 Å². The highest BCUT2D eigenvalue weighted by Crippen LogP contribution is 2.22. The van der Waals surface area contributed by atoms with Gasteiger partial charge in [-0.3, -0.25) is 4.79 Å². The molecule has 1 aromatic heterocycles. The minimum atomic E-state index is -0.534. The van der Waals surface area contributed by atoms with Gasteiger partial charge in [0.05, 0.1) is 10.8 Å². The van der Waals surface area contributed by atoms with Crippen molar-refractivity contribution in [2.24, 2.45) is 7.05 Å². The number of hydrogen-bond acceptors (Lipinski definition) is 5. The molecule has 152 valence electrons. The van der Waals surface area contributed by atoms with Gasteiger partial charge in [-0.2, -0.15) is 0 Å². The lowest BCUT2D eigenvalue weighted by atomic mass is 10.1. The Balaban J connectivity index is 1.55. The van der Waals surface area contributed by atoms with Crippen LogP contribution >= 0.6 is 23.4 Å². The third-order valence-corrected chi connectivity index (χ3v) is 5.47. The van der Waals surface area contributed by atoms with Gasteiger partial charge < -0.3 is 14.6 Å². The first kappa shape index (κ1) is 21.1. The molecule has 0 saturated carbocycles. The van der Waals surface area contributed by atoms with Crippen molar-refractivity contribution in [2.45, 2.75) is 25.6 Å². The number of thioether (sulfide) groups is 1. The van der Waals surface area contributed by atoms with E-state index in [0.29, 0.717) is 16.7 Å². The zero-order valence-electron chi connectivity index (χ0n) is 16.2. The van der Waals surface area contributed by atoms with Gasteiger partial charge in [0.15, 0.2) is 11.0 Å². The summed E-state index contributed by atoms with van der Waals surface area (Å²) in [6.45, 7) is 4.27. The Hall–Kier alpha value is -2.58. The predicted octanol–water partition coefficient (Wildman–Crippen LogP) is 4.53. The van der Waals surface area contributed by atoms with Gasteiger partial charge in [0.25, 0.3) is 0 Å². The summed E-state index contributed by atoms with van der Waals surface area (Å²) in [6.07, 6.45) is 0. The van der Waals surface area contributed by atoms with Gasteiger partial charge in [-0.1, -0.05) is 35.5 Å². The van der Waals surface area contributed by atoms with Crippen LogP contribution in [-0.2, 0) is 18.4 Å². The number of benzene rings is 2. The number of aryl methyl sites for hydroxylation is 2. The van der Waals surface area contributed by atoms with E-state index in [1.54, 1.807) is 4.57 Å². The maximum Gasteiger partial charge on any atom is 0.234 e. The van der Waals surface area contributed by atoms with Crippen molar-refractivity contribution in [3.05, 3.63) is 64.2 Å². The summed E-state index contributed by atoms with van der Waals surface area (Å²) in [4.78, 5) is 12.1. The van der Waals surface area contributed by atoms with E-state index in [1.807, 2.05) is 39.1 Å². The van der Waals surface area contributed by atoms with Gasteiger partial charge in [0.2, 0.25) is 5.91 Å². The Bertz CT molecular complexity index is 1040. The normalized spacial score (nSPS) is 10.8. The standard InChI is InChI=1S/C20H20ClFN4O2S/c1-12-4-5-13(2)17(8-12)28-10-18-24-25-20(26(18)3)29-11-19(27)23-14-6-7-16(22)15(21)9-14/h4-9H,10-11H2,1-3H3,(H,23,27). The molecule has 6 nitrogen and oxygen atoms in total. The van der Waals surface area contributed by atoms with Crippen LogP contribution in [0.25, 0.3) is 0 Å². The molecule has 0 bridgehead atoms. The van der Waals surface area contributed by atoms with Crippen molar-refractivity contribution in [3.8, 4) is 5.75 Å². The molecule has 0 aliphatic carbocycles. The summed E-state index contributed by atoms with van der Waals surface area (Å²) in [6, 6.07) is 10.0. The van der Waals surface area contributed by atoms with E-state index >= 15 is 0 Å². The molecule has 1 amide bonds. The fourth-order valence-electron chi connectivity index (χ4n) is 2.50. The van der Waals surface area contributed by atoms with E-state index in [-0.39, 0.29) is 23.3 Å². The zero-order valence-corrected chi connectivity index (χ0v) is 17.8. The van der Waals surface area contributed by atoms with Gasteiger partial charge >= 0.3 is 0 Å². The summed E-state index contributed by atoms with van der Waals surface area (Å²) in [5.41, 5.74) is 2.60. The van der Waals surface area contributed by atoms with Crippen LogP contribution in [0.2, 0.25) is 5.02 Å². The minimum Gasteiger partial charge on any atom is -0.485 e. The number of aromatic nitrogens is 3. The van der Waals surface area contributed by atoms with E-state index in [9.17, 15) is 9.18 Å². The Morgan fingerprint density at radius 1 is 1.24 bits per heavy atom. The first-order valence-corrected chi connectivity index (χ1v) is 10.2. The lowest BCUT2D eigenvalue weighted by molar-refractivity contribution is -0.113. The number of anilines is 1. The molecule has 0 aliphatic rings. The van der Waals surface area contributed by atoms with Crippen molar-refractivity contribution in [3.63, 3.8) is 0 Å². The predicted molar refractivity (Wildman–Crippen MR) is 112 cm³/mol. The van der Waals surface area contributed by atoms with Crippen LogP contribution in [0.1, 0.15) is 17.0 Å². The number of nitrogens with one attached hydrogen (secondary N) is 1. The molecule has 3 aromatic rings. The van der Waals surface area contributed by atoms with E-state index < -0.39 is 5.82 Å². The molecule has 2 aromatic carbocycles. The lowest BCUT2D eigenvalue weighted by Crippen LogP contribution is -2.14. The monoisotopic (exact) mass is 434 g/mol. The molecular weight excluding hydrogens is 415 g/mol. The summed E-state index contributed by atoms with van der Waals surface area (Å²) in [7, 11) is 1.82. The quantitative estimate of drug-likeness (QED) is 0.553. The molecule has 0 aliphatic heterocycles. The Morgan fingerprint density at radius 2 is 2.03 bits per heavy atom. The smallest absolute Gasteiger partial charge is 0.234 e. The molecule has 0 fully saturated rings. The summed E-state index contributed by atoms with van der Waals surface area (Å²) >= 11 is 6.97. The first-order chi connectivity index (χ1) is 13.8. The van der Waals surface area contributed by atoms with E-state index in [2.05, 4.69) is 15.5 Å². The number of rotatable bonds is 7. The van der Waals surface area contributed by atoms with Crippen molar-refractivity contribution in [1.29, 1.82) is 0 Å². The summed E-state index contributed by atoms with van der Waals surface area (Å²) in [5, 5.41) is 11.5. The number of ether oxygens (including phenoxy) is 1. The number of carbonyl (C=O) groups is 1. The molecule has 0 radical (unpaired) electrons. The fourth-order valence-corrected chi connectivity index (χ4v) is 3.41. The van der Waals surface area contributed by atoms with Gasteiger partial charge in [-0.05, 0) is 49.2 Å². The molecule has 29 heavy (non-hydrogen) atoms. The Kier molecular flexibility index (Phi) is 6.76. The SMILES string of the molecule is Cc1ccc(C)c(OCc2nnc(SCC(=O)Nc3ccc(F)c(Cl)c3)n2C)c1. The van der Waals surface area contributed by atoms with Crippen LogP contribution in [0, 0.1) is 19.7 Å². The van der Waals surface area contributed by atoms with E-state index in [1.165, 1.54) is 30.0 Å². The minimum absolute atomic E-state index is 0.0442. The van der Waals surface area contributed by atoms with Crippen LogP contribution in [0.15, 0.2) is 41.6 Å². The highest BCUT2D eigenvalue weighted by molar-refractivity contribution is 7.99. The number of amides is 1. The highest BCUT2D eigenvalue weighted by atomic mass is 35.5. The maximum absolute atomic E-state index is 13.2. The van der Waals surface area contributed by atoms with E-state index in [4.69, 9.17) is 16.3 Å². The van der Waals surface area contributed by atoms with Crippen LogP contribution in [-0.4, -0.2) is 26.4 Å². The first-order valence-electron chi connectivity index (χ1n) is 8.79. The zero-order chi connectivity index (χ0) is 21.0. The third-order valence-electron chi connectivity index (χ3n) is 4.16. The lowest BCUT2D eigenvalue weighted by Gasteiger charge is -2.10. The van der Waals surface area contributed by atoms with E-state index in [0.717, 1.165) is 16.9 Å². The fraction of sp³-hybridized carbons (Fsp3) is 0.250. The molecule has 3 rings (SSSR count). The number of hydrogen-bond donors (Lipinski definition) is 1. The van der Waals surface area contributed by atoms with Gasteiger partial charge in [0, 0.05) is 12.7 Å². The van der Waals surface area contributed by atoms with Gasteiger partial charge in [-0.15, -0.1) is 10.2 Å². The molecule has 0 unspecified atom stereocenters. The van der Waals surface area contributed by atoms with Crippen LogP contribution in [0.4, 0.5) is 10.1 Å². The molecule has 0 saturated heterocycles. The second kappa shape index (κ2) is 9.28. The number of nitrogens with zero attached hydrogens (tertiary/aromatic N) is 3. The van der Waals surface area contributed by atoms with Gasteiger partial charge in [-0.25, -0.2) is 4.39 Å². The van der Waals surface area contributed by atoms with Crippen molar-refractivity contribution < 1.29 is 13.9 Å². The van der Waals surface area contributed by atoms with Gasteiger partial charge in [0.1, 0.15) is 18.2 Å². The Morgan fingerprint density at radius 3 is 2.79 bits per heavy atom. The topological polar surface area (TPSA) is 69.0 Å². The molecular formula is C20H20ClFN4O2S. The Labute approximate surface area is 177 Å². The molecule has 9 heteroatoms. The second-order valence-corrected chi connectivity index (χ2v) is 7.83. The average Bonchev–Trinajstić information content (AvgIpc) is 3.03. The van der Waals surface area contributed by atoms with Crippen LogP contribution in [0.3, 0.4) is 0 Å². The second-order valence-electron chi connectivity index (χ2n) is 6.48. The van der Waals surface area contributed by atoms with Crippen LogP contribution in [0.5, 0.6) is 5.75 Å². The summed E-state index contributed by atoms with van der Waals surface area (Å²) in [5.74, 6) is 0.792. The largest absolute Gasteiger partial charge is 0.485 e.